The molecule has 3 nitrogen and oxygen atoms in total. The van der Waals surface area contributed by atoms with Crippen molar-refractivity contribution in [1.29, 1.82) is 0 Å². The number of hydrogen-bond acceptors (Lipinski definition) is 2. The van der Waals surface area contributed by atoms with Gasteiger partial charge < -0.3 is 10.6 Å². The van der Waals surface area contributed by atoms with Crippen LogP contribution in [0.5, 0.6) is 0 Å². The van der Waals surface area contributed by atoms with Gasteiger partial charge in [-0.05, 0) is 36.1 Å². The number of nitrogen functional groups attached to an aromatic ring is 1. The maximum Gasteiger partial charge on any atom is 0.471 e. The summed E-state index contributed by atoms with van der Waals surface area (Å²) in [5.74, 6) is 0.210. The van der Waals surface area contributed by atoms with Gasteiger partial charge in [-0.1, -0.05) is 12.0 Å². The topological polar surface area (TPSA) is 46.3 Å². The van der Waals surface area contributed by atoms with Gasteiger partial charge in [0.25, 0.3) is 0 Å². The molecule has 1 aliphatic rings. The molecule has 0 heterocycles. The maximum absolute atomic E-state index is 12.6. The average Bonchev–Trinajstić information content (AvgIpc) is 2.77. The van der Waals surface area contributed by atoms with E-state index in [-0.39, 0.29) is 6.54 Å². The lowest BCUT2D eigenvalue weighted by molar-refractivity contribution is -0.187. The van der Waals surface area contributed by atoms with E-state index in [0.717, 1.165) is 5.56 Å². The van der Waals surface area contributed by atoms with Crippen molar-refractivity contribution in [2.75, 3.05) is 12.3 Å². The molecular formula is C14H13F3N2O. The van der Waals surface area contributed by atoms with Crippen molar-refractivity contribution >= 4 is 11.6 Å². The molecule has 1 amide bonds. The number of carbonyl (C=O) groups is 1. The molecule has 1 aliphatic carbocycles. The Morgan fingerprint density at radius 1 is 1.50 bits per heavy atom. The van der Waals surface area contributed by atoms with E-state index in [1.54, 1.807) is 18.2 Å². The molecule has 2 rings (SSSR count). The summed E-state index contributed by atoms with van der Waals surface area (Å²) in [5.41, 5.74) is 7.67. The molecule has 0 radical (unpaired) electrons. The van der Waals surface area contributed by atoms with E-state index in [9.17, 15) is 18.0 Å². The smallest absolute Gasteiger partial charge is 0.399 e. The van der Waals surface area contributed by atoms with Crippen molar-refractivity contribution in [2.45, 2.75) is 25.1 Å². The van der Waals surface area contributed by atoms with Gasteiger partial charge in [-0.25, -0.2) is 0 Å². The molecule has 0 saturated carbocycles. The fraction of sp³-hybridized carbons (Fsp3) is 0.357. The van der Waals surface area contributed by atoms with Crippen LogP contribution in [-0.2, 0) is 11.2 Å². The molecule has 6 heteroatoms. The van der Waals surface area contributed by atoms with Gasteiger partial charge in [0.2, 0.25) is 0 Å². The Labute approximate surface area is 114 Å². The average molecular weight is 282 g/mol. The molecule has 0 bridgehead atoms. The Bertz CT molecular complexity index is 575. The lowest BCUT2D eigenvalue weighted by atomic mass is 10.1. The molecule has 1 unspecified atom stereocenters. The van der Waals surface area contributed by atoms with Gasteiger partial charge in [0.05, 0.1) is 12.6 Å². The first kappa shape index (κ1) is 14.3. The van der Waals surface area contributed by atoms with Crippen molar-refractivity contribution in [3.8, 4) is 12.3 Å². The monoisotopic (exact) mass is 282 g/mol. The van der Waals surface area contributed by atoms with Crippen molar-refractivity contribution in [2.24, 2.45) is 0 Å². The Morgan fingerprint density at radius 3 is 2.80 bits per heavy atom. The molecule has 1 atom stereocenters. The predicted octanol–water partition coefficient (Wildman–Crippen LogP) is 2.28. The summed E-state index contributed by atoms with van der Waals surface area (Å²) in [6, 6.07) is 4.41. The van der Waals surface area contributed by atoms with Gasteiger partial charge in [0.1, 0.15) is 0 Å². The molecule has 1 aromatic carbocycles. The molecule has 2 N–H and O–H groups in total. The minimum atomic E-state index is -4.93. The fourth-order valence-electron chi connectivity index (χ4n) is 2.51. The van der Waals surface area contributed by atoms with E-state index in [2.05, 4.69) is 5.92 Å². The van der Waals surface area contributed by atoms with Crippen LogP contribution in [0, 0.1) is 12.3 Å². The van der Waals surface area contributed by atoms with Crippen molar-refractivity contribution in [1.82, 2.24) is 4.90 Å². The summed E-state index contributed by atoms with van der Waals surface area (Å²) < 4.78 is 37.9. The predicted molar refractivity (Wildman–Crippen MR) is 68.5 cm³/mol. The van der Waals surface area contributed by atoms with Crippen LogP contribution in [0.1, 0.15) is 23.6 Å². The second-order valence-corrected chi connectivity index (χ2v) is 4.65. The number of alkyl halides is 3. The summed E-state index contributed by atoms with van der Waals surface area (Å²) in [6.45, 7) is -0.378. The Morgan fingerprint density at radius 2 is 2.20 bits per heavy atom. The van der Waals surface area contributed by atoms with E-state index in [4.69, 9.17) is 12.2 Å². The Balaban J connectivity index is 2.37. The SMILES string of the molecule is C#CCN(C(=O)C(F)(F)F)C1CCc2ccc(N)cc21. The lowest BCUT2D eigenvalue weighted by Gasteiger charge is -2.28. The number of hydrogen-bond donors (Lipinski definition) is 1. The summed E-state index contributed by atoms with van der Waals surface area (Å²) in [7, 11) is 0. The molecule has 106 valence electrons. The summed E-state index contributed by atoms with van der Waals surface area (Å²) in [5, 5.41) is 0. The zero-order valence-corrected chi connectivity index (χ0v) is 10.6. The normalized spacial score (nSPS) is 17.4. The molecule has 0 aliphatic heterocycles. The first-order valence-electron chi connectivity index (χ1n) is 6.04. The highest BCUT2D eigenvalue weighted by Crippen LogP contribution is 2.38. The number of halogens is 3. The molecule has 0 spiro atoms. The quantitative estimate of drug-likeness (QED) is 0.668. The first-order valence-corrected chi connectivity index (χ1v) is 6.04. The van der Waals surface area contributed by atoms with Crippen LogP contribution in [0.4, 0.5) is 18.9 Å². The number of fused-ring (bicyclic) bond motifs is 1. The van der Waals surface area contributed by atoms with Gasteiger partial charge in [-0.2, -0.15) is 13.2 Å². The highest BCUT2D eigenvalue weighted by molar-refractivity contribution is 5.82. The Kier molecular flexibility index (Phi) is 3.62. The van der Waals surface area contributed by atoms with E-state index in [1.807, 2.05) is 0 Å². The molecule has 0 saturated heterocycles. The van der Waals surface area contributed by atoms with Crippen LogP contribution in [0.2, 0.25) is 0 Å². The molecule has 1 aromatic rings. The molecule has 20 heavy (non-hydrogen) atoms. The van der Waals surface area contributed by atoms with Gasteiger partial charge in [-0.3, -0.25) is 4.79 Å². The number of amides is 1. The number of rotatable bonds is 2. The maximum atomic E-state index is 12.6. The minimum Gasteiger partial charge on any atom is -0.399 e. The molecule has 0 fully saturated rings. The van der Waals surface area contributed by atoms with E-state index < -0.39 is 18.1 Å². The largest absolute Gasteiger partial charge is 0.471 e. The van der Waals surface area contributed by atoms with Crippen LogP contribution in [-0.4, -0.2) is 23.5 Å². The summed E-state index contributed by atoms with van der Waals surface area (Å²) in [4.78, 5) is 12.2. The van der Waals surface area contributed by atoms with Crippen LogP contribution in [0.25, 0.3) is 0 Å². The van der Waals surface area contributed by atoms with E-state index in [0.29, 0.717) is 29.0 Å². The van der Waals surface area contributed by atoms with E-state index >= 15 is 0 Å². The van der Waals surface area contributed by atoms with Crippen LogP contribution in [0.15, 0.2) is 18.2 Å². The van der Waals surface area contributed by atoms with Crippen molar-refractivity contribution < 1.29 is 18.0 Å². The van der Waals surface area contributed by atoms with Gasteiger partial charge in [-0.15, -0.1) is 6.42 Å². The standard InChI is InChI=1S/C14H13F3N2O/c1-2-7-19(13(20)14(15,16)17)12-6-4-9-3-5-10(18)8-11(9)12/h1,3,5,8,12H,4,6-7,18H2. The zero-order chi connectivity index (χ0) is 14.9. The number of terminal acetylenes is 1. The third-order valence-corrected chi connectivity index (χ3v) is 3.36. The van der Waals surface area contributed by atoms with Gasteiger partial charge >= 0.3 is 12.1 Å². The Hall–Kier alpha value is -2.16. The van der Waals surface area contributed by atoms with Crippen LogP contribution < -0.4 is 5.73 Å². The highest BCUT2D eigenvalue weighted by Gasteiger charge is 2.45. The number of carbonyl (C=O) groups excluding carboxylic acids is 1. The van der Waals surface area contributed by atoms with Crippen LogP contribution in [0.3, 0.4) is 0 Å². The number of benzene rings is 1. The van der Waals surface area contributed by atoms with Crippen molar-refractivity contribution in [3.05, 3.63) is 29.3 Å². The second kappa shape index (κ2) is 5.08. The summed E-state index contributed by atoms with van der Waals surface area (Å²) in [6.07, 6.45) is 1.18. The van der Waals surface area contributed by atoms with Crippen molar-refractivity contribution in [3.63, 3.8) is 0 Å². The van der Waals surface area contributed by atoms with Gasteiger partial charge in [0.15, 0.2) is 0 Å². The van der Waals surface area contributed by atoms with Gasteiger partial charge in [0, 0.05) is 5.69 Å². The third-order valence-electron chi connectivity index (χ3n) is 3.36. The third kappa shape index (κ3) is 2.57. The minimum absolute atomic E-state index is 0.378. The molecular weight excluding hydrogens is 269 g/mol. The zero-order valence-electron chi connectivity index (χ0n) is 10.6. The fourth-order valence-corrected chi connectivity index (χ4v) is 2.51. The highest BCUT2D eigenvalue weighted by atomic mass is 19.4. The summed E-state index contributed by atoms with van der Waals surface area (Å²) >= 11 is 0. The number of anilines is 1. The van der Waals surface area contributed by atoms with Crippen LogP contribution >= 0.6 is 0 Å². The van der Waals surface area contributed by atoms with E-state index in [1.165, 1.54) is 0 Å². The number of aryl methyl sites for hydroxylation is 1. The molecule has 0 aromatic heterocycles. The second-order valence-electron chi connectivity index (χ2n) is 4.65. The first-order chi connectivity index (χ1) is 9.34. The number of nitrogens with two attached hydrogens (primary N) is 1. The lowest BCUT2D eigenvalue weighted by Crippen LogP contribution is -2.43. The number of nitrogens with zero attached hydrogens (tertiary/aromatic N) is 1.